The number of rotatable bonds is 6. The number of para-hydroxylation sites is 2. The molecule has 0 aliphatic carbocycles. The van der Waals surface area contributed by atoms with Crippen molar-refractivity contribution in [2.75, 3.05) is 0 Å². The molecule has 0 atom stereocenters. The third kappa shape index (κ3) is 3.10. The van der Waals surface area contributed by atoms with Gasteiger partial charge in [-0.25, -0.2) is 4.79 Å². The predicted octanol–water partition coefficient (Wildman–Crippen LogP) is 1.57. The molecule has 0 radical (unpaired) electrons. The van der Waals surface area contributed by atoms with Crippen molar-refractivity contribution < 1.29 is 4.79 Å². The quantitative estimate of drug-likeness (QED) is 0.563. The van der Waals surface area contributed by atoms with E-state index in [1.807, 2.05) is 60.0 Å². The molecular weight excluding hydrogens is 344 g/mol. The lowest BCUT2D eigenvalue weighted by atomic mass is 10.3. The summed E-state index contributed by atoms with van der Waals surface area (Å²) in [6, 6.07) is 13.3. The lowest BCUT2D eigenvalue weighted by Gasteiger charge is -2.05. The van der Waals surface area contributed by atoms with E-state index in [0.29, 0.717) is 18.9 Å². The molecule has 4 aromatic rings. The molecule has 4 rings (SSSR count). The smallest absolute Gasteiger partial charge is 0.329 e. The lowest BCUT2D eigenvalue weighted by Crippen LogP contribution is -2.28. The SMILES string of the molecule is CCn1c(=O)n(CCC(=O)NCc2nnc3ccccn23)c2ccccc21. The normalized spacial score (nSPS) is 11.3. The molecule has 0 spiro atoms. The number of pyridine rings is 1. The van der Waals surface area contributed by atoms with Gasteiger partial charge in [0.05, 0.1) is 17.6 Å². The molecular formula is C19H20N6O2. The molecule has 1 N–H and O–H groups in total. The van der Waals surface area contributed by atoms with Gasteiger partial charge in [0.2, 0.25) is 5.91 Å². The zero-order valence-corrected chi connectivity index (χ0v) is 15.0. The summed E-state index contributed by atoms with van der Waals surface area (Å²) in [5.74, 6) is 0.529. The van der Waals surface area contributed by atoms with Crippen molar-refractivity contribution in [1.82, 2.24) is 29.0 Å². The van der Waals surface area contributed by atoms with E-state index in [2.05, 4.69) is 15.5 Å². The van der Waals surface area contributed by atoms with Gasteiger partial charge in [0.25, 0.3) is 0 Å². The van der Waals surface area contributed by atoms with Crippen LogP contribution in [0.3, 0.4) is 0 Å². The highest BCUT2D eigenvalue weighted by atomic mass is 16.2. The summed E-state index contributed by atoms with van der Waals surface area (Å²) in [6.45, 7) is 3.15. The fourth-order valence-electron chi connectivity index (χ4n) is 3.29. The fraction of sp³-hybridized carbons (Fsp3) is 0.263. The third-order valence-corrected chi connectivity index (χ3v) is 4.63. The van der Waals surface area contributed by atoms with Crippen LogP contribution in [0, 0.1) is 0 Å². The van der Waals surface area contributed by atoms with Gasteiger partial charge in [0.1, 0.15) is 0 Å². The Morgan fingerprint density at radius 1 is 1.04 bits per heavy atom. The summed E-state index contributed by atoms with van der Waals surface area (Å²) in [5, 5.41) is 11.0. The molecule has 1 aromatic carbocycles. The molecule has 1 amide bonds. The molecule has 0 aliphatic heterocycles. The maximum atomic E-state index is 12.6. The van der Waals surface area contributed by atoms with Crippen LogP contribution >= 0.6 is 0 Å². The van der Waals surface area contributed by atoms with Gasteiger partial charge in [-0.3, -0.25) is 18.3 Å². The molecule has 0 bridgehead atoms. The van der Waals surface area contributed by atoms with Gasteiger partial charge in [0.15, 0.2) is 11.5 Å². The highest BCUT2D eigenvalue weighted by Crippen LogP contribution is 2.13. The Kier molecular flexibility index (Phi) is 4.45. The number of aryl methyl sites for hydroxylation is 2. The summed E-state index contributed by atoms with van der Waals surface area (Å²) in [4.78, 5) is 24.9. The van der Waals surface area contributed by atoms with Crippen molar-refractivity contribution in [2.45, 2.75) is 33.0 Å². The molecule has 0 unspecified atom stereocenters. The van der Waals surface area contributed by atoms with Crippen LogP contribution in [0.15, 0.2) is 53.5 Å². The molecule has 0 saturated carbocycles. The number of carbonyl (C=O) groups is 1. The van der Waals surface area contributed by atoms with Crippen LogP contribution in [0.25, 0.3) is 16.7 Å². The predicted molar refractivity (Wildman–Crippen MR) is 101 cm³/mol. The van der Waals surface area contributed by atoms with Crippen LogP contribution in [-0.2, 0) is 24.4 Å². The van der Waals surface area contributed by atoms with Crippen molar-refractivity contribution in [3.05, 3.63) is 65.0 Å². The monoisotopic (exact) mass is 364 g/mol. The highest BCUT2D eigenvalue weighted by Gasteiger charge is 2.13. The number of imidazole rings is 1. The van der Waals surface area contributed by atoms with E-state index >= 15 is 0 Å². The van der Waals surface area contributed by atoms with Crippen LogP contribution in [0.4, 0.5) is 0 Å². The number of hydrogen-bond acceptors (Lipinski definition) is 4. The van der Waals surface area contributed by atoms with E-state index < -0.39 is 0 Å². The van der Waals surface area contributed by atoms with E-state index in [1.54, 1.807) is 9.13 Å². The zero-order valence-electron chi connectivity index (χ0n) is 15.0. The number of fused-ring (bicyclic) bond motifs is 2. The minimum Gasteiger partial charge on any atom is -0.349 e. The summed E-state index contributed by atoms with van der Waals surface area (Å²) < 4.78 is 5.21. The average Bonchev–Trinajstić information content (AvgIpc) is 3.22. The van der Waals surface area contributed by atoms with Crippen molar-refractivity contribution >= 4 is 22.6 Å². The maximum Gasteiger partial charge on any atom is 0.329 e. The third-order valence-electron chi connectivity index (χ3n) is 4.63. The molecule has 27 heavy (non-hydrogen) atoms. The second-order valence-corrected chi connectivity index (χ2v) is 6.24. The van der Waals surface area contributed by atoms with Gasteiger partial charge < -0.3 is 5.32 Å². The summed E-state index contributed by atoms with van der Waals surface area (Å²) >= 11 is 0. The number of hydrogen-bond donors (Lipinski definition) is 1. The largest absolute Gasteiger partial charge is 0.349 e. The first-order valence-electron chi connectivity index (χ1n) is 8.92. The van der Waals surface area contributed by atoms with Gasteiger partial charge in [0, 0.05) is 25.7 Å². The second-order valence-electron chi connectivity index (χ2n) is 6.24. The number of nitrogens with zero attached hydrogens (tertiary/aromatic N) is 5. The zero-order chi connectivity index (χ0) is 18.8. The van der Waals surface area contributed by atoms with E-state index in [1.165, 1.54) is 0 Å². The summed E-state index contributed by atoms with van der Waals surface area (Å²) in [6.07, 6.45) is 2.07. The molecule has 0 saturated heterocycles. The van der Waals surface area contributed by atoms with Gasteiger partial charge in [-0.05, 0) is 31.2 Å². The first-order valence-corrected chi connectivity index (χ1v) is 8.92. The number of carbonyl (C=O) groups excluding carboxylic acids is 1. The minimum atomic E-state index is -0.136. The van der Waals surface area contributed by atoms with Crippen LogP contribution in [0.1, 0.15) is 19.2 Å². The standard InChI is InChI=1S/C19H20N6O2/c1-2-23-14-7-3-4-8-15(14)24(19(23)27)12-10-18(26)20-13-17-22-21-16-9-5-6-11-25(16)17/h3-9,11H,2,10,12-13H2,1H3,(H,20,26). The van der Waals surface area contributed by atoms with Crippen molar-refractivity contribution in [3.8, 4) is 0 Å². The molecule has 8 nitrogen and oxygen atoms in total. The molecule has 0 fully saturated rings. The van der Waals surface area contributed by atoms with Crippen molar-refractivity contribution in [1.29, 1.82) is 0 Å². The Labute approximate surface area is 155 Å². The Morgan fingerprint density at radius 3 is 2.56 bits per heavy atom. The number of nitrogens with one attached hydrogen (secondary N) is 1. The van der Waals surface area contributed by atoms with Crippen molar-refractivity contribution in [2.24, 2.45) is 0 Å². The number of amides is 1. The second kappa shape index (κ2) is 7.06. The lowest BCUT2D eigenvalue weighted by molar-refractivity contribution is -0.121. The van der Waals surface area contributed by atoms with Crippen LogP contribution in [0.5, 0.6) is 0 Å². The molecule has 138 valence electrons. The Bertz CT molecular complexity index is 1170. The fourth-order valence-corrected chi connectivity index (χ4v) is 3.29. The average molecular weight is 364 g/mol. The van der Waals surface area contributed by atoms with Crippen LogP contribution in [0.2, 0.25) is 0 Å². The van der Waals surface area contributed by atoms with Gasteiger partial charge in [-0.2, -0.15) is 0 Å². The number of benzene rings is 1. The van der Waals surface area contributed by atoms with Gasteiger partial charge >= 0.3 is 5.69 Å². The van der Waals surface area contributed by atoms with Crippen molar-refractivity contribution in [3.63, 3.8) is 0 Å². The van der Waals surface area contributed by atoms with Gasteiger partial charge in [-0.15, -0.1) is 10.2 Å². The van der Waals surface area contributed by atoms with E-state index in [0.717, 1.165) is 16.7 Å². The van der Waals surface area contributed by atoms with Crippen LogP contribution in [-0.4, -0.2) is 29.6 Å². The Morgan fingerprint density at radius 2 is 1.78 bits per heavy atom. The van der Waals surface area contributed by atoms with Gasteiger partial charge in [-0.1, -0.05) is 18.2 Å². The molecule has 3 aromatic heterocycles. The van der Waals surface area contributed by atoms with E-state index in [9.17, 15) is 9.59 Å². The summed E-state index contributed by atoms with van der Waals surface area (Å²) in [5.41, 5.74) is 2.39. The molecule has 8 heteroatoms. The minimum absolute atomic E-state index is 0.0880. The first-order chi connectivity index (χ1) is 13.2. The first kappa shape index (κ1) is 17.0. The topological polar surface area (TPSA) is 86.2 Å². The summed E-state index contributed by atoms with van der Waals surface area (Å²) in [7, 11) is 0. The van der Waals surface area contributed by atoms with E-state index in [-0.39, 0.29) is 24.6 Å². The Balaban J connectivity index is 1.45. The molecule has 0 aliphatic rings. The highest BCUT2D eigenvalue weighted by molar-refractivity contribution is 5.78. The van der Waals surface area contributed by atoms with E-state index in [4.69, 9.17) is 0 Å². The van der Waals surface area contributed by atoms with Crippen LogP contribution < -0.4 is 11.0 Å². The number of aromatic nitrogens is 5. The maximum absolute atomic E-state index is 12.6. The Hall–Kier alpha value is -3.42. The molecule has 3 heterocycles.